The summed E-state index contributed by atoms with van der Waals surface area (Å²) in [6, 6.07) is 0.00231. The average molecular weight is 154 g/mol. The molecule has 0 aromatic carbocycles. The highest BCUT2D eigenvalue weighted by molar-refractivity contribution is 5.77. The van der Waals surface area contributed by atoms with E-state index in [4.69, 9.17) is 0 Å². The standard InChI is InChI=1S/C7H12N3O/c1-9(2)7(11)10(3)5-4-8-6-10/h4-6H,1-3H3/q+1. The van der Waals surface area contributed by atoms with Gasteiger partial charge in [0.1, 0.15) is 6.20 Å². The topological polar surface area (TPSA) is 32.7 Å². The molecule has 4 heteroatoms. The van der Waals surface area contributed by atoms with Crippen LogP contribution < -0.4 is 0 Å². The molecule has 0 radical (unpaired) electrons. The Hall–Kier alpha value is -1.16. The number of urea groups is 1. The predicted molar refractivity (Wildman–Crippen MR) is 42.9 cm³/mol. The molecule has 11 heavy (non-hydrogen) atoms. The molecule has 0 spiro atoms. The van der Waals surface area contributed by atoms with Crippen molar-refractivity contribution >= 4 is 12.4 Å². The Kier molecular flexibility index (Phi) is 1.78. The van der Waals surface area contributed by atoms with Gasteiger partial charge < -0.3 is 0 Å². The van der Waals surface area contributed by atoms with Crippen LogP contribution in [0.3, 0.4) is 0 Å². The summed E-state index contributed by atoms with van der Waals surface area (Å²) >= 11 is 0. The molecule has 1 heterocycles. The maximum atomic E-state index is 11.4. The third kappa shape index (κ3) is 1.30. The molecule has 0 saturated heterocycles. The van der Waals surface area contributed by atoms with Crippen molar-refractivity contribution in [2.75, 3.05) is 21.1 Å². The Balaban J connectivity index is 2.82. The van der Waals surface area contributed by atoms with Crippen molar-refractivity contribution in [1.29, 1.82) is 0 Å². The van der Waals surface area contributed by atoms with Crippen molar-refractivity contribution in [2.24, 2.45) is 4.99 Å². The van der Waals surface area contributed by atoms with Gasteiger partial charge in [-0.05, 0) is 0 Å². The van der Waals surface area contributed by atoms with E-state index >= 15 is 0 Å². The second-order valence-corrected chi connectivity index (χ2v) is 2.89. The van der Waals surface area contributed by atoms with Crippen LogP contribution in [-0.2, 0) is 0 Å². The maximum Gasteiger partial charge on any atom is 0.428 e. The van der Waals surface area contributed by atoms with Gasteiger partial charge in [-0.3, -0.25) is 4.90 Å². The van der Waals surface area contributed by atoms with Gasteiger partial charge in [0.15, 0.2) is 0 Å². The SMILES string of the molecule is CN(C)C(=O)[N+]1(C)C=CN=C1. The fourth-order valence-corrected chi connectivity index (χ4v) is 0.937. The lowest BCUT2D eigenvalue weighted by Gasteiger charge is -2.21. The van der Waals surface area contributed by atoms with Crippen LogP contribution in [0.5, 0.6) is 0 Å². The van der Waals surface area contributed by atoms with Crippen molar-refractivity contribution < 1.29 is 9.28 Å². The van der Waals surface area contributed by atoms with Crippen LogP contribution in [0.1, 0.15) is 0 Å². The van der Waals surface area contributed by atoms with Crippen LogP contribution in [-0.4, -0.2) is 42.9 Å². The van der Waals surface area contributed by atoms with E-state index < -0.39 is 0 Å². The first-order chi connectivity index (χ1) is 5.06. The van der Waals surface area contributed by atoms with Crippen LogP contribution in [0.25, 0.3) is 0 Å². The van der Waals surface area contributed by atoms with Gasteiger partial charge in [0, 0.05) is 14.1 Å². The minimum atomic E-state index is 0.00231. The monoisotopic (exact) mass is 154 g/mol. The Morgan fingerprint density at radius 1 is 1.55 bits per heavy atom. The number of quaternary nitrogens is 1. The van der Waals surface area contributed by atoms with Crippen molar-refractivity contribution in [2.45, 2.75) is 0 Å². The summed E-state index contributed by atoms with van der Waals surface area (Å²) in [4.78, 5) is 16.8. The van der Waals surface area contributed by atoms with Gasteiger partial charge in [-0.2, -0.15) is 4.48 Å². The Labute approximate surface area is 66.0 Å². The Bertz CT molecular complexity index is 218. The van der Waals surface area contributed by atoms with E-state index in [2.05, 4.69) is 4.99 Å². The number of hydrogen-bond acceptors (Lipinski definition) is 2. The van der Waals surface area contributed by atoms with E-state index in [1.54, 1.807) is 44.8 Å². The first kappa shape index (κ1) is 7.94. The largest absolute Gasteiger partial charge is 0.428 e. The van der Waals surface area contributed by atoms with Crippen molar-refractivity contribution in [3.05, 3.63) is 12.4 Å². The summed E-state index contributed by atoms with van der Waals surface area (Å²) in [5.74, 6) is 0. The van der Waals surface area contributed by atoms with Crippen LogP contribution in [0.2, 0.25) is 0 Å². The predicted octanol–water partition coefficient (Wildman–Crippen LogP) is 0.628. The van der Waals surface area contributed by atoms with Gasteiger partial charge >= 0.3 is 6.03 Å². The van der Waals surface area contributed by atoms with Gasteiger partial charge in [-0.15, -0.1) is 0 Å². The fraction of sp³-hybridized carbons (Fsp3) is 0.429. The van der Waals surface area contributed by atoms with E-state index in [1.807, 2.05) is 0 Å². The molecule has 0 aromatic heterocycles. The van der Waals surface area contributed by atoms with Gasteiger partial charge in [-0.25, -0.2) is 9.79 Å². The summed E-state index contributed by atoms with van der Waals surface area (Å²) in [6.45, 7) is 0. The summed E-state index contributed by atoms with van der Waals surface area (Å²) in [6.07, 6.45) is 4.96. The van der Waals surface area contributed by atoms with E-state index in [-0.39, 0.29) is 10.5 Å². The maximum absolute atomic E-state index is 11.4. The Morgan fingerprint density at radius 2 is 2.18 bits per heavy atom. The quantitative estimate of drug-likeness (QED) is 0.471. The van der Waals surface area contributed by atoms with Crippen LogP contribution in [0.4, 0.5) is 4.79 Å². The molecule has 0 aromatic rings. The van der Waals surface area contributed by atoms with Crippen LogP contribution in [0, 0.1) is 0 Å². The summed E-state index contributed by atoms with van der Waals surface area (Å²) in [7, 11) is 5.24. The molecule has 1 atom stereocenters. The highest BCUT2D eigenvalue weighted by atomic mass is 16.2. The zero-order valence-corrected chi connectivity index (χ0v) is 6.98. The molecule has 4 nitrogen and oxygen atoms in total. The summed E-state index contributed by atoms with van der Waals surface area (Å²) in [5, 5.41) is 0. The molecule has 0 saturated carbocycles. The molecular weight excluding hydrogens is 142 g/mol. The second kappa shape index (κ2) is 2.47. The lowest BCUT2D eigenvalue weighted by molar-refractivity contribution is -0.669. The van der Waals surface area contributed by atoms with Gasteiger partial charge in [0.25, 0.3) is 0 Å². The number of carbonyl (C=O) groups is 1. The van der Waals surface area contributed by atoms with Gasteiger partial charge in [0.05, 0.1) is 13.2 Å². The molecular formula is C7H12N3O+. The molecule has 0 aliphatic carbocycles. The highest BCUT2D eigenvalue weighted by Gasteiger charge is 2.31. The fourth-order valence-electron chi connectivity index (χ4n) is 0.937. The second-order valence-electron chi connectivity index (χ2n) is 2.89. The van der Waals surface area contributed by atoms with Crippen LogP contribution in [0.15, 0.2) is 17.4 Å². The zero-order chi connectivity index (χ0) is 8.48. The molecule has 60 valence electrons. The molecule has 2 amide bonds. The molecule has 0 bridgehead atoms. The smallest absolute Gasteiger partial charge is 0.298 e. The minimum Gasteiger partial charge on any atom is -0.298 e. The minimum absolute atomic E-state index is 0.00231. The van der Waals surface area contributed by atoms with Gasteiger partial charge in [0.2, 0.25) is 6.34 Å². The number of nitrogens with zero attached hydrogens (tertiary/aromatic N) is 3. The van der Waals surface area contributed by atoms with E-state index in [1.165, 1.54) is 0 Å². The Morgan fingerprint density at radius 3 is 2.55 bits per heavy atom. The molecule has 1 unspecified atom stereocenters. The third-order valence-corrected chi connectivity index (χ3v) is 1.56. The molecule has 0 fully saturated rings. The lowest BCUT2D eigenvalue weighted by Crippen LogP contribution is -2.47. The van der Waals surface area contributed by atoms with E-state index in [0.29, 0.717) is 0 Å². The number of aliphatic imine (C=N–C) groups is 1. The summed E-state index contributed by atoms with van der Waals surface area (Å²) in [5.41, 5.74) is 0. The number of carbonyl (C=O) groups excluding carboxylic acids is 1. The van der Waals surface area contributed by atoms with E-state index in [0.717, 1.165) is 0 Å². The molecule has 0 N–H and O–H groups in total. The van der Waals surface area contributed by atoms with Crippen molar-refractivity contribution in [1.82, 2.24) is 4.90 Å². The summed E-state index contributed by atoms with van der Waals surface area (Å²) < 4.78 is 0.132. The third-order valence-electron chi connectivity index (χ3n) is 1.56. The van der Waals surface area contributed by atoms with Crippen LogP contribution >= 0.6 is 0 Å². The lowest BCUT2D eigenvalue weighted by atomic mass is 10.6. The first-order valence-corrected chi connectivity index (χ1v) is 3.36. The molecule has 1 aliphatic heterocycles. The normalized spacial score (nSPS) is 27.5. The first-order valence-electron chi connectivity index (χ1n) is 3.36. The highest BCUT2D eigenvalue weighted by Crippen LogP contribution is 2.09. The number of hydrogen-bond donors (Lipinski definition) is 0. The van der Waals surface area contributed by atoms with Crippen molar-refractivity contribution in [3.8, 4) is 0 Å². The van der Waals surface area contributed by atoms with Gasteiger partial charge in [-0.1, -0.05) is 0 Å². The van der Waals surface area contributed by atoms with E-state index in [9.17, 15) is 4.79 Å². The number of rotatable bonds is 0. The molecule has 1 aliphatic rings. The zero-order valence-electron chi connectivity index (χ0n) is 6.98. The molecule has 1 rings (SSSR count). The average Bonchev–Trinajstić information content (AvgIpc) is 2.35. The van der Waals surface area contributed by atoms with Crippen molar-refractivity contribution in [3.63, 3.8) is 0 Å². The number of amides is 2.